The molecule has 6 nitrogen and oxygen atoms in total. The lowest BCUT2D eigenvalue weighted by molar-refractivity contribution is -0.118. The molecule has 0 aliphatic rings. The molecule has 0 unspecified atom stereocenters. The molecule has 1 N–H and O–H groups in total. The van der Waals surface area contributed by atoms with Crippen LogP contribution in [0.3, 0.4) is 0 Å². The van der Waals surface area contributed by atoms with E-state index in [1.165, 1.54) is 11.8 Å². The molecule has 2 aromatic rings. The summed E-state index contributed by atoms with van der Waals surface area (Å²) in [6.07, 6.45) is 0.961. The number of carbonyl (C=O) groups is 1. The van der Waals surface area contributed by atoms with Crippen molar-refractivity contribution in [2.45, 2.75) is 31.6 Å². The molecule has 0 aliphatic heterocycles. The Morgan fingerprint density at radius 1 is 1.58 bits per heavy atom. The summed E-state index contributed by atoms with van der Waals surface area (Å²) in [5, 5.41) is 17.0. The fraction of sp³-hybridized carbons (Fsp3) is 0.455. The maximum absolute atomic E-state index is 11.7. The van der Waals surface area contributed by atoms with Crippen molar-refractivity contribution in [2.75, 3.05) is 5.75 Å². The van der Waals surface area contributed by atoms with E-state index in [-0.39, 0.29) is 5.91 Å². The second kappa shape index (κ2) is 7.25. The molecular weight excluding hydrogens is 282 g/mol. The van der Waals surface area contributed by atoms with Crippen molar-refractivity contribution in [1.29, 1.82) is 0 Å². The van der Waals surface area contributed by atoms with Gasteiger partial charge in [0.1, 0.15) is 0 Å². The number of nitrogens with zero attached hydrogens (tertiary/aromatic N) is 4. The van der Waals surface area contributed by atoms with Crippen LogP contribution in [0, 0.1) is 0 Å². The van der Waals surface area contributed by atoms with Crippen molar-refractivity contribution in [3.8, 4) is 0 Å². The Kier molecular flexibility index (Phi) is 5.34. The minimum Gasteiger partial charge on any atom is -0.350 e. The van der Waals surface area contributed by atoms with Gasteiger partial charge in [0.25, 0.3) is 0 Å². The van der Waals surface area contributed by atoms with Gasteiger partial charge in [-0.2, -0.15) is 0 Å². The molecule has 102 valence electrons. The maximum atomic E-state index is 11.7. The Morgan fingerprint density at radius 2 is 2.47 bits per heavy atom. The van der Waals surface area contributed by atoms with E-state index in [2.05, 4.69) is 27.8 Å². The SMILES string of the molecule is CCCn1nnnc1SCC(=O)NCc1cccs1. The molecule has 1 amide bonds. The molecular formula is C11H15N5OS2. The fourth-order valence-electron chi connectivity index (χ4n) is 1.43. The lowest BCUT2D eigenvalue weighted by atomic mass is 10.4. The van der Waals surface area contributed by atoms with E-state index in [1.54, 1.807) is 16.0 Å². The van der Waals surface area contributed by atoms with Crippen LogP contribution in [-0.2, 0) is 17.9 Å². The predicted octanol–water partition coefficient (Wildman–Crippen LogP) is 1.55. The Bertz CT molecular complexity index is 511. The average Bonchev–Trinajstić information content (AvgIpc) is 3.06. The van der Waals surface area contributed by atoms with E-state index in [4.69, 9.17) is 0 Å². The number of thioether (sulfide) groups is 1. The summed E-state index contributed by atoms with van der Waals surface area (Å²) in [4.78, 5) is 12.8. The van der Waals surface area contributed by atoms with Crippen molar-refractivity contribution >= 4 is 29.0 Å². The molecule has 0 atom stereocenters. The number of hydrogen-bond acceptors (Lipinski definition) is 6. The molecule has 0 spiro atoms. The summed E-state index contributed by atoms with van der Waals surface area (Å²) in [6, 6.07) is 3.97. The van der Waals surface area contributed by atoms with Gasteiger partial charge >= 0.3 is 0 Å². The number of tetrazole rings is 1. The molecule has 0 fully saturated rings. The van der Waals surface area contributed by atoms with Gasteiger partial charge in [0.2, 0.25) is 11.1 Å². The van der Waals surface area contributed by atoms with E-state index in [0.29, 0.717) is 17.5 Å². The third-order valence-electron chi connectivity index (χ3n) is 2.31. The normalized spacial score (nSPS) is 10.6. The molecule has 2 aromatic heterocycles. The molecule has 2 rings (SSSR count). The lowest BCUT2D eigenvalue weighted by Crippen LogP contribution is -2.24. The molecule has 0 radical (unpaired) electrons. The van der Waals surface area contributed by atoms with Gasteiger partial charge < -0.3 is 5.32 Å². The summed E-state index contributed by atoms with van der Waals surface area (Å²) < 4.78 is 1.72. The number of rotatable bonds is 7. The minimum absolute atomic E-state index is 0.00977. The van der Waals surface area contributed by atoms with Gasteiger partial charge in [-0.25, -0.2) is 4.68 Å². The summed E-state index contributed by atoms with van der Waals surface area (Å²) in [5.74, 6) is 0.319. The number of nitrogens with one attached hydrogen (secondary N) is 1. The smallest absolute Gasteiger partial charge is 0.230 e. The Labute approximate surface area is 119 Å². The number of amides is 1. The van der Waals surface area contributed by atoms with Gasteiger partial charge in [-0.05, 0) is 28.3 Å². The molecule has 0 saturated heterocycles. The van der Waals surface area contributed by atoms with Crippen LogP contribution in [0.25, 0.3) is 0 Å². The van der Waals surface area contributed by atoms with Crippen molar-refractivity contribution in [1.82, 2.24) is 25.5 Å². The number of aromatic nitrogens is 4. The van der Waals surface area contributed by atoms with Crippen LogP contribution in [0.2, 0.25) is 0 Å². The van der Waals surface area contributed by atoms with E-state index >= 15 is 0 Å². The average molecular weight is 297 g/mol. The van der Waals surface area contributed by atoms with E-state index in [1.807, 2.05) is 17.5 Å². The van der Waals surface area contributed by atoms with Gasteiger partial charge in [-0.3, -0.25) is 4.79 Å². The third-order valence-corrected chi connectivity index (χ3v) is 4.14. The molecule has 2 heterocycles. The molecule has 19 heavy (non-hydrogen) atoms. The number of hydrogen-bond donors (Lipinski definition) is 1. The zero-order chi connectivity index (χ0) is 13.5. The molecule has 0 bridgehead atoms. The number of thiophene rings is 1. The first-order chi connectivity index (χ1) is 9.29. The van der Waals surface area contributed by atoms with Crippen LogP contribution in [0.4, 0.5) is 0 Å². The fourth-order valence-corrected chi connectivity index (χ4v) is 2.81. The largest absolute Gasteiger partial charge is 0.350 e. The van der Waals surface area contributed by atoms with Crippen LogP contribution in [0.1, 0.15) is 18.2 Å². The topological polar surface area (TPSA) is 72.7 Å². The van der Waals surface area contributed by atoms with Gasteiger partial charge in [0, 0.05) is 11.4 Å². The van der Waals surface area contributed by atoms with Crippen molar-refractivity contribution in [2.24, 2.45) is 0 Å². The first-order valence-electron chi connectivity index (χ1n) is 5.97. The van der Waals surface area contributed by atoms with Gasteiger partial charge in [-0.1, -0.05) is 24.8 Å². The standard InChI is InChI=1S/C11H15N5OS2/c1-2-5-16-11(13-14-15-16)19-8-10(17)12-7-9-4-3-6-18-9/h3-4,6H,2,5,7-8H2,1H3,(H,12,17). The highest BCUT2D eigenvalue weighted by atomic mass is 32.2. The van der Waals surface area contributed by atoms with Gasteiger partial charge in [0.05, 0.1) is 12.3 Å². The Morgan fingerprint density at radius 3 is 3.21 bits per heavy atom. The van der Waals surface area contributed by atoms with Gasteiger partial charge in [0.15, 0.2) is 0 Å². The maximum Gasteiger partial charge on any atom is 0.230 e. The number of carbonyl (C=O) groups excluding carboxylic acids is 1. The first-order valence-corrected chi connectivity index (χ1v) is 7.84. The van der Waals surface area contributed by atoms with Crippen LogP contribution >= 0.6 is 23.1 Å². The first kappa shape index (κ1) is 14.0. The van der Waals surface area contributed by atoms with Crippen molar-refractivity contribution in [3.63, 3.8) is 0 Å². The summed E-state index contributed by atoms with van der Waals surface area (Å²) in [7, 11) is 0. The summed E-state index contributed by atoms with van der Waals surface area (Å²) >= 11 is 2.99. The third kappa shape index (κ3) is 4.32. The zero-order valence-electron chi connectivity index (χ0n) is 10.6. The highest BCUT2D eigenvalue weighted by Gasteiger charge is 2.09. The van der Waals surface area contributed by atoms with Crippen LogP contribution in [0.15, 0.2) is 22.7 Å². The van der Waals surface area contributed by atoms with E-state index in [0.717, 1.165) is 17.8 Å². The lowest BCUT2D eigenvalue weighted by Gasteiger charge is -2.04. The van der Waals surface area contributed by atoms with E-state index < -0.39 is 0 Å². The van der Waals surface area contributed by atoms with E-state index in [9.17, 15) is 4.79 Å². The van der Waals surface area contributed by atoms with Crippen LogP contribution in [0.5, 0.6) is 0 Å². The molecule has 0 aromatic carbocycles. The second-order valence-electron chi connectivity index (χ2n) is 3.83. The monoisotopic (exact) mass is 297 g/mol. The summed E-state index contributed by atoms with van der Waals surface area (Å²) in [6.45, 7) is 3.41. The molecule has 8 heteroatoms. The zero-order valence-corrected chi connectivity index (χ0v) is 12.2. The van der Waals surface area contributed by atoms with Crippen LogP contribution < -0.4 is 5.32 Å². The van der Waals surface area contributed by atoms with Crippen LogP contribution in [-0.4, -0.2) is 31.9 Å². The predicted molar refractivity (Wildman–Crippen MR) is 75.0 cm³/mol. The quantitative estimate of drug-likeness (QED) is 0.785. The molecule has 0 saturated carbocycles. The van der Waals surface area contributed by atoms with Crippen molar-refractivity contribution in [3.05, 3.63) is 22.4 Å². The minimum atomic E-state index is -0.00977. The number of aryl methyl sites for hydroxylation is 1. The second-order valence-corrected chi connectivity index (χ2v) is 5.80. The van der Waals surface area contributed by atoms with Gasteiger partial charge in [-0.15, -0.1) is 16.4 Å². The summed E-state index contributed by atoms with van der Waals surface area (Å²) in [5.41, 5.74) is 0. The molecule has 0 aliphatic carbocycles. The Hall–Kier alpha value is -1.41. The highest BCUT2D eigenvalue weighted by molar-refractivity contribution is 7.99. The van der Waals surface area contributed by atoms with Crippen molar-refractivity contribution < 1.29 is 4.79 Å². The Balaban J connectivity index is 1.75. The highest BCUT2D eigenvalue weighted by Crippen LogP contribution is 2.13.